The molecule has 3 N–H and O–H groups in total. The van der Waals surface area contributed by atoms with Crippen LogP contribution in [-0.2, 0) is 19.1 Å². The van der Waals surface area contributed by atoms with Gasteiger partial charge < -0.3 is 20.3 Å². The third kappa shape index (κ3) is 11.4. The van der Waals surface area contributed by atoms with Crippen molar-refractivity contribution in [2.24, 2.45) is 46.3 Å². The Bertz CT molecular complexity index is 1080. The number of amides is 1. The van der Waals surface area contributed by atoms with Crippen LogP contribution in [0.4, 0.5) is 0 Å². The zero-order valence-corrected chi connectivity index (χ0v) is 33.2. The number of esters is 1. The highest BCUT2D eigenvalue weighted by atomic mass is 16.5. The van der Waals surface area contributed by atoms with E-state index in [1.165, 1.54) is 96.3 Å². The summed E-state index contributed by atoms with van der Waals surface area (Å²) in [7, 11) is 0. The maximum absolute atomic E-state index is 12.8. The Morgan fingerprint density at radius 1 is 0.765 bits per heavy atom. The minimum absolute atomic E-state index is 0.00122. The minimum Gasteiger partial charge on any atom is -0.480 e. The summed E-state index contributed by atoms with van der Waals surface area (Å²) in [5, 5.41) is 23.3. The van der Waals surface area contributed by atoms with E-state index in [-0.39, 0.29) is 41.5 Å². The van der Waals surface area contributed by atoms with Crippen LogP contribution < -0.4 is 5.32 Å². The van der Waals surface area contributed by atoms with E-state index in [0.717, 1.165) is 57.8 Å². The van der Waals surface area contributed by atoms with Crippen molar-refractivity contribution >= 4 is 17.8 Å². The number of nitrogens with one attached hydrogen (secondary N) is 1. The standard InChI is InChI=1S/C44H77NO6/c1-5-6-7-8-9-10-11-12-13-14-15-16-17-18-19-20-42(50)51-34-27-28-43(3)33(29-34)22-23-35-37-25-24-36(44(37,4)39(46)30-38(35)43)32(2)21-26-40(47)45-31-41(48)49/h32-39,46H,5-31H2,1-4H3,(H,45,47)(H,48,49). The first-order valence-electron chi connectivity index (χ1n) is 21.9. The monoisotopic (exact) mass is 716 g/mol. The molecule has 0 spiro atoms. The van der Waals surface area contributed by atoms with Crippen molar-refractivity contribution in [1.29, 1.82) is 0 Å². The normalized spacial score (nSPS) is 33.5. The molecule has 0 saturated heterocycles. The van der Waals surface area contributed by atoms with Gasteiger partial charge in [0.25, 0.3) is 0 Å². The molecule has 0 radical (unpaired) electrons. The van der Waals surface area contributed by atoms with Gasteiger partial charge in [-0.3, -0.25) is 14.4 Å². The molecule has 4 fully saturated rings. The number of aliphatic hydroxyl groups excluding tert-OH is 1. The Labute approximate surface area is 311 Å². The number of hydrogen-bond acceptors (Lipinski definition) is 5. The number of carbonyl (C=O) groups excluding carboxylic acids is 2. The quantitative estimate of drug-likeness (QED) is 0.0717. The molecule has 51 heavy (non-hydrogen) atoms. The number of carboxylic acid groups (broad SMARTS) is 1. The van der Waals surface area contributed by atoms with Crippen molar-refractivity contribution in [3.63, 3.8) is 0 Å². The lowest BCUT2D eigenvalue weighted by atomic mass is 9.43. The maximum Gasteiger partial charge on any atom is 0.322 e. The minimum atomic E-state index is -1.02. The highest BCUT2D eigenvalue weighted by Crippen LogP contribution is 2.68. The largest absolute Gasteiger partial charge is 0.480 e. The Hall–Kier alpha value is -1.63. The number of fused-ring (bicyclic) bond motifs is 5. The van der Waals surface area contributed by atoms with Crippen LogP contribution in [0.3, 0.4) is 0 Å². The highest BCUT2D eigenvalue weighted by molar-refractivity contribution is 5.81. The number of aliphatic carboxylic acids is 1. The molecule has 1 amide bonds. The van der Waals surface area contributed by atoms with Gasteiger partial charge in [-0.05, 0) is 111 Å². The average molecular weight is 716 g/mol. The smallest absolute Gasteiger partial charge is 0.322 e. The van der Waals surface area contributed by atoms with Crippen LogP contribution in [0.2, 0.25) is 0 Å². The molecule has 4 rings (SSSR count). The van der Waals surface area contributed by atoms with Crippen molar-refractivity contribution in [1.82, 2.24) is 5.32 Å². The molecule has 7 heteroatoms. The van der Waals surface area contributed by atoms with E-state index >= 15 is 0 Å². The molecule has 7 nitrogen and oxygen atoms in total. The van der Waals surface area contributed by atoms with E-state index in [0.29, 0.717) is 48.3 Å². The molecule has 10 unspecified atom stereocenters. The summed E-state index contributed by atoms with van der Waals surface area (Å²) in [6.45, 7) is 8.99. The second kappa shape index (κ2) is 20.7. The molecule has 0 aromatic carbocycles. The lowest BCUT2D eigenvalue weighted by Gasteiger charge is -2.62. The number of carbonyl (C=O) groups is 3. The molecule has 4 aliphatic carbocycles. The van der Waals surface area contributed by atoms with E-state index in [4.69, 9.17) is 9.84 Å². The van der Waals surface area contributed by atoms with Gasteiger partial charge in [-0.25, -0.2) is 0 Å². The number of carboxylic acids is 1. The molecule has 0 aromatic rings. The van der Waals surface area contributed by atoms with Crippen molar-refractivity contribution in [2.75, 3.05) is 6.54 Å². The summed E-state index contributed by atoms with van der Waals surface area (Å²) in [6.07, 6.45) is 29.7. The molecule has 4 aliphatic rings. The molecular weight excluding hydrogens is 638 g/mol. The van der Waals surface area contributed by atoms with Gasteiger partial charge in [-0.2, -0.15) is 0 Å². The van der Waals surface area contributed by atoms with E-state index < -0.39 is 5.97 Å². The van der Waals surface area contributed by atoms with Crippen LogP contribution in [0.15, 0.2) is 0 Å². The van der Waals surface area contributed by atoms with Crippen molar-refractivity contribution in [3.05, 3.63) is 0 Å². The van der Waals surface area contributed by atoms with Crippen molar-refractivity contribution in [2.45, 2.75) is 207 Å². The number of ether oxygens (including phenoxy) is 1. The van der Waals surface area contributed by atoms with E-state index in [1.54, 1.807) is 0 Å². The number of rotatable bonds is 23. The fourth-order valence-corrected chi connectivity index (χ4v) is 12.0. The molecular formula is C44H77NO6. The van der Waals surface area contributed by atoms with Gasteiger partial charge in [0.2, 0.25) is 5.91 Å². The molecule has 4 saturated carbocycles. The van der Waals surface area contributed by atoms with Crippen LogP contribution in [-0.4, -0.2) is 46.8 Å². The number of unbranched alkanes of at least 4 members (excludes halogenated alkanes) is 14. The summed E-state index contributed by atoms with van der Waals surface area (Å²) >= 11 is 0. The summed E-state index contributed by atoms with van der Waals surface area (Å²) in [5.74, 6) is 1.63. The first kappa shape index (κ1) is 42.1. The van der Waals surface area contributed by atoms with E-state index in [2.05, 4.69) is 33.0 Å². The van der Waals surface area contributed by atoms with Gasteiger partial charge in [0, 0.05) is 12.8 Å². The van der Waals surface area contributed by atoms with Crippen molar-refractivity contribution < 1.29 is 29.3 Å². The fourth-order valence-electron chi connectivity index (χ4n) is 12.0. The van der Waals surface area contributed by atoms with E-state index in [1.807, 2.05) is 0 Å². The second-order valence-electron chi connectivity index (χ2n) is 18.2. The third-order valence-electron chi connectivity index (χ3n) is 15.0. The second-order valence-corrected chi connectivity index (χ2v) is 18.2. The SMILES string of the molecule is CCCCCCCCCCCCCCCCCC(=O)OC1CCC2(C)C(CCC3C2CC(O)C2(C)C(C(C)CCC(=O)NCC(=O)O)CCC32)C1. The molecule has 0 heterocycles. The molecule has 0 bridgehead atoms. The summed E-state index contributed by atoms with van der Waals surface area (Å²) < 4.78 is 6.11. The Morgan fingerprint density at radius 3 is 1.98 bits per heavy atom. The highest BCUT2D eigenvalue weighted by Gasteiger charge is 2.63. The predicted molar refractivity (Wildman–Crippen MR) is 205 cm³/mol. The van der Waals surface area contributed by atoms with Gasteiger partial charge in [-0.15, -0.1) is 0 Å². The van der Waals surface area contributed by atoms with Crippen LogP contribution in [0.25, 0.3) is 0 Å². The van der Waals surface area contributed by atoms with Crippen molar-refractivity contribution in [3.8, 4) is 0 Å². The first-order chi connectivity index (χ1) is 24.5. The van der Waals surface area contributed by atoms with Gasteiger partial charge in [0.1, 0.15) is 12.6 Å². The van der Waals surface area contributed by atoms with Gasteiger partial charge in [0.15, 0.2) is 0 Å². The first-order valence-corrected chi connectivity index (χ1v) is 21.9. The summed E-state index contributed by atoms with van der Waals surface area (Å²) in [4.78, 5) is 35.9. The molecule has 10 atom stereocenters. The Balaban J connectivity index is 1.12. The van der Waals surface area contributed by atoms with Gasteiger partial charge in [0.05, 0.1) is 6.10 Å². The Kier molecular flexibility index (Phi) is 17.1. The number of hydrogen-bond donors (Lipinski definition) is 3. The maximum atomic E-state index is 12.8. The zero-order chi connectivity index (χ0) is 36.9. The van der Waals surface area contributed by atoms with Crippen LogP contribution >= 0.6 is 0 Å². The molecule has 294 valence electrons. The topological polar surface area (TPSA) is 113 Å². The summed E-state index contributed by atoms with van der Waals surface area (Å²) in [6, 6.07) is 0. The Morgan fingerprint density at radius 2 is 1.37 bits per heavy atom. The zero-order valence-electron chi connectivity index (χ0n) is 33.2. The van der Waals surface area contributed by atoms with E-state index in [9.17, 15) is 19.5 Å². The van der Waals surface area contributed by atoms with Crippen LogP contribution in [0.1, 0.15) is 195 Å². The predicted octanol–water partition coefficient (Wildman–Crippen LogP) is 10.4. The van der Waals surface area contributed by atoms with Crippen LogP contribution in [0.5, 0.6) is 0 Å². The number of aliphatic hydroxyl groups is 1. The lowest BCUT2D eigenvalue weighted by Crippen LogP contribution is -2.59. The average Bonchev–Trinajstić information content (AvgIpc) is 3.47. The molecule has 0 aromatic heterocycles. The molecule has 0 aliphatic heterocycles. The fraction of sp³-hybridized carbons (Fsp3) is 0.932. The lowest BCUT2D eigenvalue weighted by molar-refractivity contribution is -0.181. The third-order valence-corrected chi connectivity index (χ3v) is 15.0. The van der Waals surface area contributed by atoms with Gasteiger partial charge in [-0.1, -0.05) is 118 Å². The summed E-state index contributed by atoms with van der Waals surface area (Å²) in [5.41, 5.74) is 0.0509. The van der Waals surface area contributed by atoms with Gasteiger partial charge >= 0.3 is 11.9 Å². The van der Waals surface area contributed by atoms with Crippen LogP contribution in [0, 0.1) is 46.3 Å².